The largest absolute Gasteiger partial charge is 0.573 e. The molecule has 4 rings (SSSR count). The molecule has 0 saturated carbocycles. The second-order valence-electron chi connectivity index (χ2n) is 6.16. The predicted molar refractivity (Wildman–Crippen MR) is 92.9 cm³/mol. The number of aromatic nitrogens is 4. The maximum atomic E-state index is 12.3. The molecule has 0 unspecified atom stereocenters. The number of benzene rings is 1. The highest BCUT2D eigenvalue weighted by atomic mass is 19.4. The Morgan fingerprint density at radius 2 is 2.00 bits per heavy atom. The van der Waals surface area contributed by atoms with Crippen molar-refractivity contribution in [3.05, 3.63) is 53.0 Å². The van der Waals surface area contributed by atoms with E-state index in [2.05, 4.69) is 19.7 Å². The Labute approximate surface area is 166 Å². The van der Waals surface area contributed by atoms with Crippen LogP contribution in [0, 0.1) is 10.1 Å². The van der Waals surface area contributed by atoms with E-state index in [9.17, 15) is 23.3 Å². The van der Waals surface area contributed by atoms with Crippen LogP contribution in [-0.4, -0.2) is 43.5 Å². The molecule has 1 aromatic carbocycles. The van der Waals surface area contributed by atoms with E-state index in [1.54, 1.807) is 0 Å². The molecule has 1 aliphatic heterocycles. The minimum Gasteiger partial charge on any atom is -0.469 e. The van der Waals surface area contributed by atoms with Crippen LogP contribution in [0.4, 0.5) is 19.0 Å². The molecule has 3 heterocycles. The van der Waals surface area contributed by atoms with Crippen LogP contribution in [0.2, 0.25) is 0 Å². The number of rotatable bonds is 5. The number of fused-ring (bicyclic) bond motifs is 1. The van der Waals surface area contributed by atoms with E-state index in [-0.39, 0.29) is 36.6 Å². The van der Waals surface area contributed by atoms with Crippen LogP contribution >= 0.6 is 0 Å². The molecule has 0 saturated heterocycles. The van der Waals surface area contributed by atoms with Crippen LogP contribution in [0.1, 0.15) is 0 Å². The third-order valence-corrected chi connectivity index (χ3v) is 4.03. The molecule has 1 aliphatic rings. The average molecular weight is 423 g/mol. The molecular weight excluding hydrogens is 411 g/mol. The van der Waals surface area contributed by atoms with Crippen LogP contribution in [0.5, 0.6) is 17.6 Å². The van der Waals surface area contributed by atoms with E-state index in [4.69, 9.17) is 9.47 Å². The lowest BCUT2D eigenvalue weighted by molar-refractivity contribution is -0.389. The Kier molecular flexibility index (Phi) is 4.85. The van der Waals surface area contributed by atoms with Gasteiger partial charge in [0.25, 0.3) is 0 Å². The zero-order valence-electron chi connectivity index (χ0n) is 14.9. The van der Waals surface area contributed by atoms with Crippen molar-refractivity contribution in [2.24, 2.45) is 0 Å². The molecule has 1 atom stereocenters. The molecule has 0 fully saturated rings. The predicted octanol–water partition coefficient (Wildman–Crippen LogP) is 2.99. The van der Waals surface area contributed by atoms with Crippen LogP contribution < -0.4 is 14.2 Å². The summed E-state index contributed by atoms with van der Waals surface area (Å²) in [4.78, 5) is 22.1. The molecule has 0 bridgehead atoms. The number of halogens is 3. The molecule has 0 N–H and O–H groups in total. The summed E-state index contributed by atoms with van der Waals surface area (Å²) < 4.78 is 53.2. The maximum absolute atomic E-state index is 12.3. The molecule has 0 amide bonds. The number of nitro groups is 1. The van der Waals surface area contributed by atoms with Crippen molar-refractivity contribution in [1.82, 2.24) is 19.5 Å². The highest BCUT2D eigenvalue weighted by Crippen LogP contribution is 2.27. The van der Waals surface area contributed by atoms with E-state index < -0.39 is 17.4 Å². The first kappa shape index (κ1) is 19.4. The lowest BCUT2D eigenvalue weighted by atomic mass is 10.1. The van der Waals surface area contributed by atoms with Gasteiger partial charge >= 0.3 is 18.2 Å². The minimum absolute atomic E-state index is 0.108. The van der Waals surface area contributed by atoms with Gasteiger partial charge in [0.1, 0.15) is 24.9 Å². The highest BCUT2D eigenvalue weighted by Gasteiger charge is 2.31. The van der Waals surface area contributed by atoms with Crippen LogP contribution in [0.3, 0.4) is 0 Å². The third-order valence-electron chi connectivity index (χ3n) is 4.03. The van der Waals surface area contributed by atoms with Gasteiger partial charge in [-0.05, 0) is 29.2 Å². The van der Waals surface area contributed by atoms with Crippen molar-refractivity contribution >= 4 is 5.82 Å². The molecule has 3 aromatic rings. The van der Waals surface area contributed by atoms with Crippen LogP contribution in [-0.2, 0) is 6.54 Å². The number of imidazole rings is 1. The molecule has 10 nitrogen and oxygen atoms in total. The average Bonchev–Trinajstić information content (AvgIpc) is 3.11. The smallest absolute Gasteiger partial charge is 0.469 e. The fourth-order valence-corrected chi connectivity index (χ4v) is 2.79. The lowest BCUT2D eigenvalue weighted by Gasteiger charge is -2.22. The minimum atomic E-state index is -4.77. The summed E-state index contributed by atoms with van der Waals surface area (Å²) in [6, 6.07) is 6.85. The van der Waals surface area contributed by atoms with E-state index in [1.807, 2.05) is 0 Å². The van der Waals surface area contributed by atoms with Gasteiger partial charge < -0.3 is 24.3 Å². The number of alkyl halides is 3. The first-order valence-electron chi connectivity index (χ1n) is 8.46. The Balaban J connectivity index is 1.45. The molecule has 30 heavy (non-hydrogen) atoms. The zero-order valence-corrected chi connectivity index (χ0v) is 14.9. The zero-order chi connectivity index (χ0) is 21.3. The number of ether oxygens (including phenoxy) is 3. The second-order valence-corrected chi connectivity index (χ2v) is 6.16. The number of nitrogens with zero attached hydrogens (tertiary/aromatic N) is 5. The summed E-state index contributed by atoms with van der Waals surface area (Å²) in [6.07, 6.45) is -2.76. The van der Waals surface area contributed by atoms with Crippen molar-refractivity contribution in [3.63, 3.8) is 0 Å². The van der Waals surface area contributed by atoms with E-state index in [1.165, 1.54) is 47.4 Å². The van der Waals surface area contributed by atoms with Gasteiger partial charge in [0, 0.05) is 16.6 Å². The van der Waals surface area contributed by atoms with Gasteiger partial charge in [-0.2, -0.15) is 0 Å². The van der Waals surface area contributed by atoms with Crippen molar-refractivity contribution in [2.45, 2.75) is 19.0 Å². The first-order valence-corrected chi connectivity index (χ1v) is 8.46. The normalized spacial score (nSPS) is 15.8. The summed E-state index contributed by atoms with van der Waals surface area (Å²) >= 11 is 0. The Morgan fingerprint density at radius 3 is 2.70 bits per heavy atom. The second kappa shape index (κ2) is 7.50. The van der Waals surface area contributed by atoms with Gasteiger partial charge in [-0.1, -0.05) is 0 Å². The Morgan fingerprint density at radius 1 is 1.23 bits per heavy atom. The first-order chi connectivity index (χ1) is 14.3. The van der Waals surface area contributed by atoms with E-state index >= 15 is 0 Å². The SMILES string of the molecule is O=[N+]([O-])c1cn2c(n1)OC[C@@H](Oc1cc(-c3ccc(OC(F)(F)F)cc3)ncn1)C2. The maximum Gasteiger partial charge on any atom is 0.573 e. The summed E-state index contributed by atoms with van der Waals surface area (Å²) in [5, 5.41) is 10.8. The van der Waals surface area contributed by atoms with Crippen molar-refractivity contribution in [3.8, 4) is 28.9 Å². The van der Waals surface area contributed by atoms with Crippen molar-refractivity contribution in [2.75, 3.05) is 6.61 Å². The van der Waals surface area contributed by atoms with Crippen molar-refractivity contribution < 1.29 is 32.3 Å². The lowest BCUT2D eigenvalue weighted by Crippen LogP contribution is -2.34. The molecule has 0 spiro atoms. The molecule has 0 aliphatic carbocycles. The fraction of sp³-hybridized carbons (Fsp3) is 0.235. The molecule has 156 valence electrons. The molecule has 0 radical (unpaired) electrons. The summed E-state index contributed by atoms with van der Waals surface area (Å²) in [6.45, 7) is 0.371. The van der Waals surface area contributed by atoms with Gasteiger partial charge in [-0.3, -0.25) is 4.57 Å². The Hall–Kier alpha value is -3.90. The summed E-state index contributed by atoms with van der Waals surface area (Å²) in [5.41, 5.74) is 0.957. The van der Waals surface area contributed by atoms with Crippen LogP contribution in [0.15, 0.2) is 42.9 Å². The van der Waals surface area contributed by atoms with Crippen molar-refractivity contribution in [1.29, 1.82) is 0 Å². The van der Waals surface area contributed by atoms with Crippen LogP contribution in [0.25, 0.3) is 11.3 Å². The molecule has 13 heteroatoms. The Bertz CT molecular complexity index is 1070. The standard InChI is InChI=1S/C17H12F3N5O5/c18-17(19,20)30-11-3-1-10(2-4-11)13-5-15(22-9-21-13)29-12-6-24-7-14(25(26)27)23-16(24)28-8-12/h1-5,7,9,12H,6,8H2/t12-/m0/s1. The van der Waals surface area contributed by atoms with E-state index in [0.29, 0.717) is 11.3 Å². The molecular formula is C17H12F3N5O5. The van der Waals surface area contributed by atoms with Gasteiger partial charge in [-0.25, -0.2) is 9.97 Å². The molecule has 2 aromatic heterocycles. The van der Waals surface area contributed by atoms with Gasteiger partial charge in [0.15, 0.2) is 6.10 Å². The number of hydrogen-bond donors (Lipinski definition) is 0. The van der Waals surface area contributed by atoms with E-state index in [0.717, 1.165) is 0 Å². The topological polar surface area (TPSA) is 114 Å². The summed E-state index contributed by atoms with van der Waals surface area (Å²) in [5.74, 6) is -0.462. The third kappa shape index (κ3) is 4.39. The van der Waals surface area contributed by atoms with Gasteiger partial charge in [0.05, 0.1) is 12.2 Å². The monoisotopic (exact) mass is 423 g/mol. The van der Waals surface area contributed by atoms with Gasteiger partial charge in [-0.15, -0.1) is 13.2 Å². The van der Waals surface area contributed by atoms with Gasteiger partial charge in [0.2, 0.25) is 5.88 Å². The number of hydrogen-bond acceptors (Lipinski definition) is 8. The fourth-order valence-electron chi connectivity index (χ4n) is 2.79. The highest BCUT2D eigenvalue weighted by molar-refractivity contribution is 5.60. The quantitative estimate of drug-likeness (QED) is 0.455. The summed E-state index contributed by atoms with van der Waals surface area (Å²) in [7, 11) is 0.